The second-order valence-electron chi connectivity index (χ2n) is 10.9. The first-order valence-electron chi connectivity index (χ1n) is 14.5. The lowest BCUT2D eigenvalue weighted by atomic mass is 9.97. The zero-order valence-corrected chi connectivity index (χ0v) is 23.8. The summed E-state index contributed by atoms with van der Waals surface area (Å²) < 4.78 is 26.7. The molecule has 0 spiro atoms. The van der Waals surface area contributed by atoms with E-state index < -0.39 is 12.1 Å². The van der Waals surface area contributed by atoms with Gasteiger partial charge >= 0.3 is 5.97 Å². The van der Waals surface area contributed by atoms with Gasteiger partial charge in [0.05, 0.1) is 36.6 Å². The number of nitrogens with zero attached hydrogens (tertiary/aromatic N) is 5. The topological polar surface area (TPSA) is 72.7 Å². The van der Waals surface area contributed by atoms with E-state index in [0.717, 1.165) is 65.6 Å². The molecule has 41 heavy (non-hydrogen) atoms. The average Bonchev–Trinajstić information content (AvgIpc) is 3.61. The quantitative estimate of drug-likeness (QED) is 0.267. The minimum absolute atomic E-state index is 0.106. The second kappa shape index (κ2) is 11.5. The lowest BCUT2D eigenvalue weighted by Gasteiger charge is -2.29. The number of ether oxygens (including phenoxy) is 2. The van der Waals surface area contributed by atoms with E-state index in [1.807, 2.05) is 35.0 Å². The predicted octanol–water partition coefficient (Wildman–Crippen LogP) is 5.77. The lowest BCUT2D eigenvalue weighted by molar-refractivity contribution is 0.0520. The van der Waals surface area contributed by atoms with Crippen molar-refractivity contribution in [3.05, 3.63) is 66.0 Å². The number of esters is 1. The van der Waals surface area contributed by atoms with Crippen LogP contribution in [0.5, 0.6) is 0 Å². The maximum Gasteiger partial charge on any atom is 0.357 e. The molecule has 0 saturated carbocycles. The number of anilines is 2. The van der Waals surface area contributed by atoms with Gasteiger partial charge in [-0.1, -0.05) is 32.0 Å². The van der Waals surface area contributed by atoms with Gasteiger partial charge in [-0.3, -0.25) is 0 Å². The molecule has 4 heterocycles. The van der Waals surface area contributed by atoms with Crippen LogP contribution in [0.4, 0.5) is 15.8 Å². The average molecular weight is 558 g/mol. The Kier molecular flexibility index (Phi) is 7.62. The van der Waals surface area contributed by atoms with Crippen LogP contribution in [0.1, 0.15) is 49.3 Å². The Morgan fingerprint density at radius 3 is 2.46 bits per heavy atom. The minimum Gasteiger partial charge on any atom is -0.461 e. The summed E-state index contributed by atoms with van der Waals surface area (Å²) in [5, 5.41) is 5.96. The van der Waals surface area contributed by atoms with Crippen molar-refractivity contribution in [3.8, 4) is 16.8 Å². The number of fused-ring (bicyclic) bond motifs is 1. The highest BCUT2D eigenvalue weighted by Crippen LogP contribution is 2.37. The Morgan fingerprint density at radius 2 is 1.78 bits per heavy atom. The van der Waals surface area contributed by atoms with Crippen LogP contribution < -0.4 is 9.80 Å². The Balaban J connectivity index is 1.51. The van der Waals surface area contributed by atoms with Gasteiger partial charge in [0.2, 0.25) is 0 Å². The SMILES string of the molecule is CCOC(=O)c1cc(-c2ccc(N3CCOCC3)cc2)c2c(C(C)C)nn(-c3cccc(N4CCC(F)C4)c3)c2n1. The van der Waals surface area contributed by atoms with Gasteiger partial charge in [0, 0.05) is 37.6 Å². The van der Waals surface area contributed by atoms with Crippen LogP contribution in [-0.4, -0.2) is 72.9 Å². The molecule has 0 radical (unpaired) electrons. The molecule has 2 aromatic heterocycles. The number of hydrogen-bond donors (Lipinski definition) is 0. The normalized spacial score (nSPS) is 17.5. The fraction of sp³-hybridized carbons (Fsp3) is 0.406. The maximum absolute atomic E-state index is 14.0. The van der Waals surface area contributed by atoms with Crippen molar-refractivity contribution < 1.29 is 18.7 Å². The Labute approximate surface area is 239 Å². The van der Waals surface area contributed by atoms with E-state index in [2.05, 4.69) is 47.9 Å². The summed E-state index contributed by atoms with van der Waals surface area (Å²) in [6, 6.07) is 18.2. The predicted molar refractivity (Wildman–Crippen MR) is 159 cm³/mol. The van der Waals surface area contributed by atoms with Gasteiger partial charge in [-0.2, -0.15) is 5.10 Å². The number of alkyl halides is 1. The van der Waals surface area contributed by atoms with Crippen molar-refractivity contribution in [2.75, 3.05) is 55.8 Å². The van der Waals surface area contributed by atoms with Crippen molar-refractivity contribution in [1.29, 1.82) is 0 Å². The summed E-state index contributed by atoms with van der Waals surface area (Å²) in [6.07, 6.45) is -0.285. The lowest BCUT2D eigenvalue weighted by Crippen LogP contribution is -2.36. The maximum atomic E-state index is 14.0. The fourth-order valence-corrected chi connectivity index (χ4v) is 5.71. The van der Waals surface area contributed by atoms with Crippen molar-refractivity contribution in [1.82, 2.24) is 14.8 Å². The molecule has 0 N–H and O–H groups in total. The molecule has 6 rings (SSSR count). The molecule has 2 fully saturated rings. The van der Waals surface area contributed by atoms with Gasteiger partial charge in [-0.05, 0) is 66.8 Å². The third-order valence-electron chi connectivity index (χ3n) is 7.82. The fourth-order valence-electron chi connectivity index (χ4n) is 5.71. The van der Waals surface area contributed by atoms with Crippen molar-refractivity contribution in [2.45, 2.75) is 39.3 Å². The van der Waals surface area contributed by atoms with Gasteiger partial charge in [0.25, 0.3) is 0 Å². The Hall–Kier alpha value is -3.98. The summed E-state index contributed by atoms with van der Waals surface area (Å²) in [5.74, 6) is -0.367. The Morgan fingerprint density at radius 1 is 1.02 bits per heavy atom. The highest BCUT2D eigenvalue weighted by molar-refractivity contribution is 6.00. The van der Waals surface area contributed by atoms with Crippen molar-refractivity contribution >= 4 is 28.4 Å². The standard InChI is InChI=1S/C32H36FN5O3/c1-4-41-32(39)28-19-27(22-8-10-24(11-9-22)36-14-16-40-17-15-36)29-30(21(2)3)35-38(31(29)34-28)26-7-5-6-25(18-26)37-13-12-23(33)20-37/h5-11,18-19,21,23H,4,12-17,20H2,1-3H3. The molecule has 2 saturated heterocycles. The van der Waals surface area contributed by atoms with E-state index in [1.165, 1.54) is 0 Å². The van der Waals surface area contributed by atoms with Crippen LogP contribution >= 0.6 is 0 Å². The van der Waals surface area contributed by atoms with E-state index in [-0.39, 0.29) is 18.2 Å². The van der Waals surface area contributed by atoms with E-state index in [1.54, 1.807) is 6.92 Å². The summed E-state index contributed by atoms with van der Waals surface area (Å²) in [4.78, 5) is 22.2. The van der Waals surface area contributed by atoms with Crippen LogP contribution in [0, 0.1) is 0 Å². The smallest absolute Gasteiger partial charge is 0.357 e. The summed E-state index contributed by atoms with van der Waals surface area (Å²) in [6.45, 7) is 10.5. The van der Waals surface area contributed by atoms with Crippen LogP contribution in [-0.2, 0) is 9.47 Å². The molecule has 214 valence electrons. The van der Waals surface area contributed by atoms with Crippen molar-refractivity contribution in [2.24, 2.45) is 0 Å². The number of carbonyl (C=O) groups excluding carboxylic acids is 1. The number of aromatic nitrogens is 3. The van der Waals surface area contributed by atoms with Gasteiger partial charge in [-0.25, -0.2) is 18.9 Å². The van der Waals surface area contributed by atoms with Crippen LogP contribution in [0.3, 0.4) is 0 Å². The Bertz CT molecular complexity index is 1550. The van der Waals surface area contributed by atoms with Gasteiger partial charge in [0.1, 0.15) is 6.17 Å². The molecule has 0 amide bonds. The molecule has 2 aliphatic rings. The first-order valence-corrected chi connectivity index (χ1v) is 14.5. The number of carbonyl (C=O) groups is 1. The zero-order chi connectivity index (χ0) is 28.5. The first kappa shape index (κ1) is 27.2. The monoisotopic (exact) mass is 557 g/mol. The summed E-state index contributed by atoms with van der Waals surface area (Å²) in [7, 11) is 0. The third-order valence-corrected chi connectivity index (χ3v) is 7.82. The molecule has 2 aliphatic heterocycles. The number of rotatable bonds is 7. The number of hydrogen-bond acceptors (Lipinski definition) is 7. The van der Waals surface area contributed by atoms with Gasteiger partial charge in [0.15, 0.2) is 11.3 Å². The molecular formula is C32H36FN5O3. The van der Waals surface area contributed by atoms with E-state index >= 15 is 0 Å². The van der Waals surface area contributed by atoms with Gasteiger partial charge in [-0.15, -0.1) is 0 Å². The minimum atomic E-state index is -0.817. The first-order chi connectivity index (χ1) is 19.9. The molecule has 1 atom stereocenters. The summed E-state index contributed by atoms with van der Waals surface area (Å²) >= 11 is 0. The second-order valence-corrected chi connectivity index (χ2v) is 10.9. The molecule has 8 nitrogen and oxygen atoms in total. The van der Waals surface area contributed by atoms with Gasteiger partial charge < -0.3 is 19.3 Å². The molecule has 2 aromatic carbocycles. The molecule has 4 aromatic rings. The van der Waals surface area contributed by atoms with E-state index in [9.17, 15) is 9.18 Å². The zero-order valence-electron chi connectivity index (χ0n) is 23.8. The van der Waals surface area contributed by atoms with E-state index in [4.69, 9.17) is 19.6 Å². The van der Waals surface area contributed by atoms with Crippen LogP contribution in [0.2, 0.25) is 0 Å². The number of halogens is 1. The number of morpholine rings is 1. The molecule has 9 heteroatoms. The molecule has 1 unspecified atom stereocenters. The molecular weight excluding hydrogens is 521 g/mol. The van der Waals surface area contributed by atoms with E-state index in [0.29, 0.717) is 25.2 Å². The van der Waals surface area contributed by atoms with Crippen LogP contribution in [0.15, 0.2) is 54.6 Å². The molecule has 0 aliphatic carbocycles. The number of pyridine rings is 1. The number of benzene rings is 2. The molecule has 0 bridgehead atoms. The summed E-state index contributed by atoms with van der Waals surface area (Å²) in [5.41, 5.74) is 6.47. The highest BCUT2D eigenvalue weighted by Gasteiger charge is 2.25. The third kappa shape index (κ3) is 5.38. The van der Waals surface area contributed by atoms with Crippen molar-refractivity contribution in [3.63, 3.8) is 0 Å². The van der Waals surface area contributed by atoms with Crippen LogP contribution in [0.25, 0.3) is 27.8 Å². The highest BCUT2D eigenvalue weighted by atomic mass is 19.1. The largest absolute Gasteiger partial charge is 0.461 e.